The molecule has 0 saturated carbocycles. The molecule has 7 heteroatoms. The van der Waals surface area contributed by atoms with Gasteiger partial charge in [-0.25, -0.2) is 0 Å². The number of rotatable bonds is 7. The lowest BCUT2D eigenvalue weighted by atomic mass is 9.97. The van der Waals surface area contributed by atoms with E-state index < -0.39 is 0 Å². The zero-order valence-corrected chi connectivity index (χ0v) is 16.7. The Morgan fingerprint density at radius 1 is 1.25 bits per heavy atom. The first kappa shape index (κ1) is 20.3. The number of hydrogen-bond acceptors (Lipinski definition) is 4. The molecule has 1 fully saturated rings. The molecule has 1 aromatic carbocycles. The van der Waals surface area contributed by atoms with Crippen molar-refractivity contribution in [3.63, 3.8) is 0 Å². The van der Waals surface area contributed by atoms with Gasteiger partial charge in [-0.15, -0.1) is 0 Å². The van der Waals surface area contributed by atoms with E-state index in [1.54, 1.807) is 24.3 Å². The van der Waals surface area contributed by atoms with Crippen molar-refractivity contribution in [1.29, 1.82) is 0 Å². The van der Waals surface area contributed by atoms with Gasteiger partial charge in [-0.05, 0) is 51.2 Å². The van der Waals surface area contributed by atoms with Gasteiger partial charge >= 0.3 is 0 Å². The van der Waals surface area contributed by atoms with Crippen molar-refractivity contribution in [2.45, 2.75) is 45.1 Å². The Kier molecular flexibility index (Phi) is 7.03. The summed E-state index contributed by atoms with van der Waals surface area (Å²) < 4.78 is 0. The fraction of sp³-hybridized carbons (Fsp3) is 0.571. The molecule has 3 rings (SSSR count). The molecule has 1 amide bonds. The van der Waals surface area contributed by atoms with Crippen LogP contribution in [0.2, 0.25) is 0 Å². The number of quaternary nitrogens is 1. The van der Waals surface area contributed by atoms with Gasteiger partial charge in [-0.1, -0.05) is 11.6 Å². The average molecular weight is 388 g/mol. The summed E-state index contributed by atoms with van der Waals surface area (Å²) in [5, 5.41) is 13.9. The molecule has 0 spiro atoms. The number of nitrogens with one attached hydrogen (secondary N) is 2. The van der Waals surface area contributed by atoms with E-state index in [4.69, 9.17) is 0 Å². The quantitative estimate of drug-likeness (QED) is 0.424. The second-order valence-corrected chi connectivity index (χ2v) is 7.79. The molecular formula is C21H31N4O3+. The lowest BCUT2D eigenvalue weighted by Gasteiger charge is -2.36. The molecule has 0 radical (unpaired) electrons. The monoisotopic (exact) mass is 387 g/mol. The third-order valence-corrected chi connectivity index (χ3v) is 5.97. The van der Waals surface area contributed by atoms with Crippen molar-refractivity contribution in [2.75, 3.05) is 37.6 Å². The van der Waals surface area contributed by atoms with Crippen LogP contribution in [-0.4, -0.2) is 49.6 Å². The van der Waals surface area contributed by atoms with Crippen molar-refractivity contribution in [3.05, 3.63) is 46.0 Å². The normalized spacial score (nSPS) is 19.0. The zero-order valence-electron chi connectivity index (χ0n) is 16.7. The summed E-state index contributed by atoms with van der Waals surface area (Å²) in [6.45, 7) is 6.20. The minimum atomic E-state index is -0.378. The first-order valence-corrected chi connectivity index (χ1v) is 10.3. The van der Waals surface area contributed by atoms with Crippen molar-refractivity contribution >= 4 is 17.3 Å². The number of benzene rings is 1. The smallest absolute Gasteiger partial charge is 0.278 e. The van der Waals surface area contributed by atoms with Crippen molar-refractivity contribution < 1.29 is 14.6 Å². The first-order chi connectivity index (χ1) is 13.5. The van der Waals surface area contributed by atoms with Gasteiger partial charge in [0.05, 0.1) is 31.1 Å². The van der Waals surface area contributed by atoms with Gasteiger partial charge in [0.25, 0.3) is 11.6 Å². The molecule has 7 nitrogen and oxygen atoms in total. The molecule has 1 atom stereocenters. The highest BCUT2D eigenvalue weighted by Gasteiger charge is 2.29. The number of carbonyl (C=O) groups excluding carboxylic acids is 1. The molecule has 2 aliphatic rings. The Morgan fingerprint density at radius 2 is 1.96 bits per heavy atom. The number of nitro benzene ring substituents is 1. The highest BCUT2D eigenvalue weighted by atomic mass is 16.6. The average Bonchev–Trinajstić information content (AvgIpc) is 2.74. The first-order valence-electron chi connectivity index (χ1n) is 10.3. The fourth-order valence-corrected chi connectivity index (χ4v) is 4.09. The molecule has 0 bridgehead atoms. The maximum absolute atomic E-state index is 12.5. The van der Waals surface area contributed by atoms with E-state index in [-0.39, 0.29) is 22.6 Å². The minimum absolute atomic E-state index is 0.0562. The van der Waals surface area contributed by atoms with Crippen molar-refractivity contribution in [3.8, 4) is 0 Å². The molecule has 152 valence electrons. The predicted molar refractivity (Wildman–Crippen MR) is 110 cm³/mol. The fourth-order valence-electron chi connectivity index (χ4n) is 4.09. The summed E-state index contributed by atoms with van der Waals surface area (Å²) >= 11 is 0. The Labute approximate surface area is 166 Å². The third-order valence-electron chi connectivity index (χ3n) is 5.97. The lowest BCUT2D eigenvalue weighted by molar-refractivity contribution is -0.914. The van der Waals surface area contributed by atoms with Crippen LogP contribution < -0.4 is 15.1 Å². The van der Waals surface area contributed by atoms with Crippen LogP contribution in [-0.2, 0) is 4.79 Å². The molecule has 0 unspecified atom stereocenters. The van der Waals surface area contributed by atoms with Gasteiger partial charge in [0.2, 0.25) is 0 Å². The van der Waals surface area contributed by atoms with E-state index in [9.17, 15) is 14.9 Å². The summed E-state index contributed by atoms with van der Waals surface area (Å²) in [6.07, 6.45) is 8.25. The number of piperazine rings is 1. The summed E-state index contributed by atoms with van der Waals surface area (Å²) in [5.74, 6) is 0.134. The summed E-state index contributed by atoms with van der Waals surface area (Å²) in [4.78, 5) is 26.4. The van der Waals surface area contributed by atoms with Gasteiger partial charge in [-0.2, -0.15) is 0 Å². The standard InChI is InChI=1S/C21H30N4O3/c1-17(21(26)22-12-11-18-5-3-2-4-6-18)23-13-15-24(16-14-23)19-7-9-20(10-8-19)25(27)28/h5,7-10,17H,2-4,6,11-16H2,1H3,(H,22,26)/p+1/t17-/m1/s1. The third kappa shape index (κ3) is 5.32. The van der Waals surface area contributed by atoms with Crippen molar-refractivity contribution in [1.82, 2.24) is 5.32 Å². The summed E-state index contributed by atoms with van der Waals surface area (Å²) in [5.41, 5.74) is 2.60. The number of nitrogens with zero attached hydrogens (tertiary/aromatic N) is 2. The Hall–Kier alpha value is -2.41. The Morgan fingerprint density at radius 3 is 2.57 bits per heavy atom. The molecule has 1 aliphatic carbocycles. The highest BCUT2D eigenvalue weighted by molar-refractivity contribution is 5.79. The predicted octanol–water partition coefficient (Wildman–Crippen LogP) is 1.69. The van der Waals surface area contributed by atoms with Crippen LogP contribution in [0.4, 0.5) is 11.4 Å². The van der Waals surface area contributed by atoms with Gasteiger partial charge < -0.3 is 15.1 Å². The van der Waals surface area contributed by atoms with E-state index in [2.05, 4.69) is 16.3 Å². The lowest BCUT2D eigenvalue weighted by Crippen LogP contribution is -3.19. The summed E-state index contributed by atoms with van der Waals surface area (Å²) in [6, 6.07) is 6.65. The number of anilines is 1. The Bertz CT molecular complexity index is 709. The number of hydrogen-bond donors (Lipinski definition) is 2. The van der Waals surface area contributed by atoms with Gasteiger partial charge in [0.1, 0.15) is 0 Å². The van der Waals surface area contributed by atoms with E-state index in [1.807, 2.05) is 6.92 Å². The zero-order chi connectivity index (χ0) is 19.9. The van der Waals surface area contributed by atoms with Crippen LogP contribution in [0.5, 0.6) is 0 Å². The van der Waals surface area contributed by atoms with Crippen LogP contribution in [0.15, 0.2) is 35.9 Å². The summed E-state index contributed by atoms with van der Waals surface area (Å²) in [7, 11) is 0. The molecular weight excluding hydrogens is 356 g/mol. The van der Waals surface area contributed by atoms with E-state index in [0.29, 0.717) is 0 Å². The van der Waals surface area contributed by atoms with E-state index >= 15 is 0 Å². The molecule has 0 aromatic heterocycles. The number of allylic oxidation sites excluding steroid dienone is 1. The van der Waals surface area contributed by atoms with E-state index in [0.717, 1.165) is 44.8 Å². The minimum Gasteiger partial charge on any atom is -0.360 e. The van der Waals surface area contributed by atoms with Gasteiger partial charge in [0.15, 0.2) is 6.04 Å². The number of amides is 1. The topological polar surface area (TPSA) is 79.9 Å². The van der Waals surface area contributed by atoms with Crippen LogP contribution in [0.3, 0.4) is 0 Å². The number of carbonyl (C=O) groups is 1. The largest absolute Gasteiger partial charge is 0.360 e. The second kappa shape index (κ2) is 9.68. The molecule has 1 aliphatic heterocycles. The molecule has 1 saturated heterocycles. The maximum atomic E-state index is 12.5. The van der Waals surface area contributed by atoms with E-state index in [1.165, 1.54) is 36.2 Å². The highest BCUT2D eigenvalue weighted by Crippen LogP contribution is 2.20. The number of non-ortho nitro benzene ring substituents is 1. The Balaban J connectivity index is 1.42. The molecule has 1 aromatic rings. The van der Waals surface area contributed by atoms with Crippen LogP contribution in [0.25, 0.3) is 0 Å². The second-order valence-electron chi connectivity index (χ2n) is 7.79. The molecule has 28 heavy (non-hydrogen) atoms. The SMILES string of the molecule is C[C@H](C(=O)NCCC1=CCCCC1)[NH+]1CCN(c2ccc([N+](=O)[O-])cc2)CC1. The van der Waals surface area contributed by atoms with Crippen molar-refractivity contribution in [2.24, 2.45) is 0 Å². The number of nitro groups is 1. The molecule has 1 heterocycles. The maximum Gasteiger partial charge on any atom is 0.278 e. The van der Waals surface area contributed by atoms with Gasteiger partial charge in [-0.3, -0.25) is 14.9 Å². The van der Waals surface area contributed by atoms with Crippen LogP contribution >= 0.6 is 0 Å². The van der Waals surface area contributed by atoms with Crippen LogP contribution in [0, 0.1) is 10.1 Å². The van der Waals surface area contributed by atoms with Gasteiger partial charge in [0, 0.05) is 24.4 Å². The van der Waals surface area contributed by atoms with Crippen LogP contribution in [0.1, 0.15) is 39.0 Å². The molecule has 2 N–H and O–H groups in total.